The summed E-state index contributed by atoms with van der Waals surface area (Å²) in [5.74, 6) is -0.340. The highest BCUT2D eigenvalue weighted by molar-refractivity contribution is 5.97. The lowest BCUT2D eigenvalue weighted by atomic mass is 10.2. The molecule has 0 aliphatic rings. The molecule has 0 spiro atoms. The number of nitrogens with one attached hydrogen (secondary N) is 1. The van der Waals surface area contributed by atoms with Crippen molar-refractivity contribution >= 4 is 34.1 Å². The van der Waals surface area contributed by atoms with Crippen LogP contribution in [0.3, 0.4) is 0 Å². The molecule has 0 saturated heterocycles. The first-order valence-corrected chi connectivity index (χ1v) is 8.21. The van der Waals surface area contributed by atoms with Crippen molar-refractivity contribution in [3.8, 4) is 5.75 Å². The lowest BCUT2D eigenvalue weighted by molar-refractivity contribution is -0.384. The molecule has 0 atom stereocenters. The Labute approximate surface area is 154 Å². The molecule has 1 heterocycles. The number of carbonyl (C=O) groups is 2. The highest BCUT2D eigenvalue weighted by atomic mass is 16.6. The van der Waals surface area contributed by atoms with Crippen molar-refractivity contribution in [1.29, 1.82) is 0 Å². The van der Waals surface area contributed by atoms with Gasteiger partial charge >= 0.3 is 0 Å². The van der Waals surface area contributed by atoms with Gasteiger partial charge in [-0.25, -0.2) is 0 Å². The molecule has 0 radical (unpaired) electrons. The summed E-state index contributed by atoms with van der Waals surface area (Å²) in [5.41, 5.74) is 0.805. The topological polar surface area (TPSA) is 103 Å². The van der Waals surface area contributed by atoms with Crippen LogP contribution >= 0.6 is 0 Å². The van der Waals surface area contributed by atoms with Crippen LogP contribution in [0.1, 0.15) is 17.6 Å². The molecule has 0 fully saturated rings. The third kappa shape index (κ3) is 3.95. The van der Waals surface area contributed by atoms with Crippen molar-refractivity contribution in [2.75, 3.05) is 12.4 Å². The van der Waals surface area contributed by atoms with E-state index >= 15 is 0 Å². The number of hydrogen-bond donors (Lipinski definition) is 1. The second-order valence-electron chi connectivity index (χ2n) is 5.83. The number of rotatable bonds is 6. The van der Waals surface area contributed by atoms with E-state index in [9.17, 15) is 19.7 Å². The van der Waals surface area contributed by atoms with Crippen LogP contribution in [0.4, 0.5) is 11.4 Å². The van der Waals surface area contributed by atoms with Crippen LogP contribution in [0.5, 0.6) is 5.75 Å². The molecule has 138 valence electrons. The largest absolute Gasteiger partial charge is 0.495 e. The summed E-state index contributed by atoms with van der Waals surface area (Å²) >= 11 is 0. The fourth-order valence-corrected chi connectivity index (χ4v) is 2.76. The molecular weight excluding hydrogens is 350 g/mol. The van der Waals surface area contributed by atoms with Crippen molar-refractivity contribution in [3.63, 3.8) is 0 Å². The molecule has 0 aliphatic heterocycles. The van der Waals surface area contributed by atoms with E-state index in [0.29, 0.717) is 5.75 Å². The van der Waals surface area contributed by atoms with Gasteiger partial charge < -0.3 is 10.1 Å². The summed E-state index contributed by atoms with van der Waals surface area (Å²) in [6.07, 6.45) is 1.62. The zero-order chi connectivity index (χ0) is 19.4. The van der Waals surface area contributed by atoms with Gasteiger partial charge in [0.05, 0.1) is 23.2 Å². The highest BCUT2D eigenvalue weighted by Crippen LogP contribution is 2.29. The van der Waals surface area contributed by atoms with Crippen LogP contribution in [0, 0.1) is 10.1 Å². The number of anilines is 1. The van der Waals surface area contributed by atoms with Gasteiger partial charge in [-0.05, 0) is 18.2 Å². The number of ether oxygens (including phenoxy) is 1. The fourth-order valence-electron chi connectivity index (χ4n) is 2.76. The fraction of sp³-hybridized carbons (Fsp3) is 0.158. The molecule has 3 rings (SSSR count). The Morgan fingerprint density at radius 1 is 1.15 bits per heavy atom. The maximum Gasteiger partial charge on any atom is 0.271 e. The van der Waals surface area contributed by atoms with Crippen molar-refractivity contribution in [2.24, 2.45) is 0 Å². The Morgan fingerprint density at radius 3 is 2.67 bits per heavy atom. The van der Waals surface area contributed by atoms with E-state index in [1.807, 2.05) is 30.3 Å². The molecule has 1 N–H and O–H groups in total. The number of nitrogens with zero attached hydrogens (tertiary/aromatic N) is 2. The molecule has 0 bridgehead atoms. The van der Waals surface area contributed by atoms with Crippen LogP contribution in [-0.2, 0) is 4.79 Å². The minimum Gasteiger partial charge on any atom is -0.495 e. The van der Waals surface area contributed by atoms with Gasteiger partial charge in [-0.1, -0.05) is 18.2 Å². The number of aromatic nitrogens is 1. The van der Waals surface area contributed by atoms with Crippen molar-refractivity contribution in [3.05, 3.63) is 64.8 Å². The van der Waals surface area contributed by atoms with E-state index in [1.165, 1.54) is 29.9 Å². The van der Waals surface area contributed by atoms with Gasteiger partial charge in [0.15, 0.2) is 0 Å². The minimum absolute atomic E-state index is 0.00174. The molecular formula is C19H17N3O5. The number of nitro groups is 1. The van der Waals surface area contributed by atoms with Gasteiger partial charge in [0.1, 0.15) is 5.75 Å². The predicted molar refractivity (Wildman–Crippen MR) is 100 cm³/mol. The Bertz CT molecular complexity index is 1030. The summed E-state index contributed by atoms with van der Waals surface area (Å²) in [6.45, 7) is 0. The van der Waals surface area contributed by atoms with Gasteiger partial charge in [-0.15, -0.1) is 0 Å². The number of non-ortho nitro benzene ring substituents is 1. The average molecular weight is 367 g/mol. The normalized spacial score (nSPS) is 10.6. The van der Waals surface area contributed by atoms with Crippen LogP contribution < -0.4 is 10.1 Å². The van der Waals surface area contributed by atoms with E-state index in [4.69, 9.17) is 4.74 Å². The Morgan fingerprint density at radius 2 is 1.93 bits per heavy atom. The molecule has 1 amide bonds. The van der Waals surface area contributed by atoms with Gasteiger partial charge in [-0.3, -0.25) is 24.3 Å². The second kappa shape index (κ2) is 7.69. The number of nitro benzene ring substituents is 1. The molecule has 1 aromatic heterocycles. The van der Waals surface area contributed by atoms with E-state index in [1.54, 1.807) is 6.20 Å². The zero-order valence-corrected chi connectivity index (χ0v) is 14.5. The lowest BCUT2D eigenvalue weighted by Gasteiger charge is -2.10. The number of benzene rings is 2. The highest BCUT2D eigenvalue weighted by Gasteiger charge is 2.15. The van der Waals surface area contributed by atoms with Crippen LogP contribution in [-0.4, -0.2) is 28.4 Å². The molecule has 3 aromatic rings. The standard InChI is InChI=1S/C19H17N3O5/c1-27-17-7-6-14(22(25)26)12-15(17)20-18(23)8-9-19(24)21-11-10-13-4-2-3-5-16(13)21/h2-7,10-12H,8-9H2,1H3,(H,20,23). The first-order valence-electron chi connectivity index (χ1n) is 8.21. The summed E-state index contributed by atoms with van der Waals surface area (Å²) < 4.78 is 6.62. The first-order chi connectivity index (χ1) is 13.0. The maximum atomic E-state index is 12.4. The monoisotopic (exact) mass is 367 g/mol. The van der Waals surface area contributed by atoms with Crippen LogP contribution in [0.2, 0.25) is 0 Å². The predicted octanol–water partition coefficient (Wildman–Crippen LogP) is 3.62. The van der Waals surface area contributed by atoms with Crippen LogP contribution in [0.15, 0.2) is 54.7 Å². The van der Waals surface area contributed by atoms with Gasteiger partial charge in [0.2, 0.25) is 11.8 Å². The van der Waals surface area contributed by atoms with Crippen molar-refractivity contribution < 1.29 is 19.2 Å². The quantitative estimate of drug-likeness (QED) is 0.529. The van der Waals surface area contributed by atoms with Gasteiger partial charge in [0.25, 0.3) is 5.69 Å². The molecule has 27 heavy (non-hydrogen) atoms. The number of carbonyl (C=O) groups excluding carboxylic acids is 2. The van der Waals surface area contributed by atoms with E-state index < -0.39 is 10.8 Å². The van der Waals surface area contributed by atoms with E-state index in [0.717, 1.165) is 10.9 Å². The van der Waals surface area contributed by atoms with Gasteiger partial charge in [-0.2, -0.15) is 0 Å². The van der Waals surface area contributed by atoms with E-state index in [-0.39, 0.29) is 30.1 Å². The maximum absolute atomic E-state index is 12.4. The molecule has 8 heteroatoms. The van der Waals surface area contributed by atoms with Crippen molar-refractivity contribution in [2.45, 2.75) is 12.8 Å². The number of para-hydroxylation sites is 1. The third-order valence-corrected chi connectivity index (χ3v) is 4.10. The minimum atomic E-state index is -0.560. The first kappa shape index (κ1) is 18.1. The summed E-state index contributed by atoms with van der Waals surface area (Å²) in [6, 6.07) is 13.2. The number of hydrogen-bond acceptors (Lipinski definition) is 5. The Hall–Kier alpha value is -3.68. The van der Waals surface area contributed by atoms with Crippen molar-refractivity contribution in [1.82, 2.24) is 4.57 Å². The molecule has 0 aliphatic carbocycles. The smallest absolute Gasteiger partial charge is 0.271 e. The number of fused-ring (bicyclic) bond motifs is 1. The Kier molecular flexibility index (Phi) is 5.16. The second-order valence-corrected chi connectivity index (χ2v) is 5.83. The lowest BCUT2D eigenvalue weighted by Crippen LogP contribution is -2.16. The van der Waals surface area contributed by atoms with Crippen LogP contribution in [0.25, 0.3) is 10.9 Å². The Balaban J connectivity index is 1.67. The molecule has 2 aromatic carbocycles. The van der Waals surface area contributed by atoms with Gasteiger partial charge in [0, 0.05) is 36.6 Å². The summed E-state index contributed by atoms with van der Waals surface area (Å²) in [7, 11) is 1.40. The number of amides is 1. The molecule has 0 unspecified atom stereocenters. The third-order valence-electron chi connectivity index (χ3n) is 4.10. The summed E-state index contributed by atoms with van der Waals surface area (Å²) in [4.78, 5) is 35.0. The van der Waals surface area contributed by atoms with E-state index in [2.05, 4.69) is 5.32 Å². The number of methoxy groups -OCH3 is 1. The molecule has 8 nitrogen and oxygen atoms in total. The summed E-state index contributed by atoms with van der Waals surface area (Å²) in [5, 5.41) is 14.4. The zero-order valence-electron chi connectivity index (χ0n) is 14.5. The average Bonchev–Trinajstić information content (AvgIpc) is 3.10. The molecule has 0 saturated carbocycles. The SMILES string of the molecule is COc1ccc([N+](=O)[O-])cc1NC(=O)CCC(=O)n1ccc2ccccc21.